The van der Waals surface area contributed by atoms with Crippen LogP contribution in [-0.4, -0.2) is 45.3 Å². The zero-order chi connectivity index (χ0) is 16.8. The topological polar surface area (TPSA) is 33.7 Å². The smallest absolute Gasteiger partial charge is 0.179 e. The molecule has 1 N–H and O–H groups in total. The fourth-order valence-electron chi connectivity index (χ4n) is 3.18. The summed E-state index contributed by atoms with van der Waals surface area (Å²) >= 11 is 6.67. The van der Waals surface area contributed by atoms with Crippen LogP contribution >= 0.6 is 36.4 Å². The minimum absolute atomic E-state index is 0. The van der Waals surface area contributed by atoms with E-state index < -0.39 is 0 Å². The van der Waals surface area contributed by atoms with E-state index in [1.807, 2.05) is 6.07 Å². The number of ether oxygens (including phenoxy) is 2. The van der Waals surface area contributed by atoms with Gasteiger partial charge in [0, 0.05) is 32.2 Å². The van der Waals surface area contributed by atoms with Crippen molar-refractivity contribution in [2.24, 2.45) is 5.92 Å². The molecular formula is C18H31Cl3N2O2. The van der Waals surface area contributed by atoms with Crippen molar-refractivity contribution in [2.45, 2.75) is 32.7 Å². The Labute approximate surface area is 169 Å². The molecule has 1 aliphatic heterocycles. The maximum Gasteiger partial charge on any atom is 0.179 e. The first-order valence-corrected chi connectivity index (χ1v) is 8.81. The molecule has 0 radical (unpaired) electrons. The van der Waals surface area contributed by atoms with E-state index in [1.165, 1.54) is 6.42 Å². The standard InChI is InChI=1S/C18H29ClN2O2.2ClH/c1-13(2)5-7-15(21-11-9-20-10-12-21)14-6-8-16(22-3)18(23-4)17(14)19;;/h6,8,13,15,20H,5,7,9-12H2,1-4H3;2*1H/t15-;;/m0../s1. The molecule has 0 saturated carbocycles. The van der Waals surface area contributed by atoms with Crippen LogP contribution in [0.2, 0.25) is 5.02 Å². The minimum atomic E-state index is 0. The molecule has 0 aliphatic carbocycles. The van der Waals surface area contributed by atoms with E-state index in [9.17, 15) is 0 Å². The number of methoxy groups -OCH3 is 2. The summed E-state index contributed by atoms with van der Waals surface area (Å²) in [7, 11) is 3.28. The lowest BCUT2D eigenvalue weighted by molar-refractivity contribution is 0.159. The number of piperazine rings is 1. The predicted molar refractivity (Wildman–Crippen MR) is 110 cm³/mol. The molecule has 7 heteroatoms. The maximum absolute atomic E-state index is 6.67. The summed E-state index contributed by atoms with van der Waals surface area (Å²) in [4.78, 5) is 2.53. The Hall–Kier alpha value is -0.390. The van der Waals surface area contributed by atoms with Gasteiger partial charge in [0.05, 0.1) is 19.2 Å². The molecule has 4 nitrogen and oxygen atoms in total. The van der Waals surface area contributed by atoms with Gasteiger partial charge >= 0.3 is 0 Å². The number of nitrogens with zero attached hydrogens (tertiary/aromatic N) is 1. The Kier molecular flexibility index (Phi) is 11.9. The van der Waals surface area contributed by atoms with Crippen molar-refractivity contribution in [1.82, 2.24) is 10.2 Å². The van der Waals surface area contributed by atoms with E-state index in [0.29, 0.717) is 28.5 Å². The number of hydrogen-bond donors (Lipinski definition) is 1. The molecule has 0 bridgehead atoms. The van der Waals surface area contributed by atoms with Crippen LogP contribution in [0.5, 0.6) is 11.5 Å². The lowest BCUT2D eigenvalue weighted by Crippen LogP contribution is -2.45. The first-order valence-electron chi connectivity index (χ1n) is 8.43. The van der Waals surface area contributed by atoms with Crippen LogP contribution in [-0.2, 0) is 0 Å². The number of benzene rings is 1. The lowest BCUT2D eigenvalue weighted by Gasteiger charge is -2.36. The predicted octanol–water partition coefficient (Wildman–Crippen LogP) is 4.58. The van der Waals surface area contributed by atoms with Crippen LogP contribution in [0, 0.1) is 5.92 Å². The monoisotopic (exact) mass is 412 g/mol. The Morgan fingerprint density at radius 3 is 2.24 bits per heavy atom. The molecular weight excluding hydrogens is 383 g/mol. The highest BCUT2D eigenvalue weighted by Crippen LogP contribution is 2.42. The molecule has 1 aliphatic rings. The average molecular weight is 414 g/mol. The van der Waals surface area contributed by atoms with Gasteiger partial charge in [0.2, 0.25) is 0 Å². The lowest BCUT2D eigenvalue weighted by atomic mass is 9.95. The van der Waals surface area contributed by atoms with Gasteiger partial charge in [-0.2, -0.15) is 0 Å². The molecule has 1 aromatic carbocycles. The summed E-state index contributed by atoms with van der Waals surface area (Å²) in [6.07, 6.45) is 2.28. The van der Waals surface area contributed by atoms with Gasteiger partial charge in [-0.3, -0.25) is 4.90 Å². The third-order valence-electron chi connectivity index (χ3n) is 4.48. The molecule has 1 heterocycles. The number of nitrogens with one attached hydrogen (secondary N) is 1. The van der Waals surface area contributed by atoms with Gasteiger partial charge in [0.25, 0.3) is 0 Å². The molecule has 1 fully saturated rings. The largest absolute Gasteiger partial charge is 0.493 e. The fraction of sp³-hybridized carbons (Fsp3) is 0.667. The van der Waals surface area contributed by atoms with E-state index in [2.05, 4.69) is 30.1 Å². The van der Waals surface area contributed by atoms with E-state index in [4.69, 9.17) is 21.1 Å². The van der Waals surface area contributed by atoms with Gasteiger partial charge in [-0.25, -0.2) is 0 Å². The Morgan fingerprint density at radius 1 is 1.08 bits per heavy atom. The van der Waals surface area contributed by atoms with Gasteiger partial charge in [0.15, 0.2) is 11.5 Å². The van der Waals surface area contributed by atoms with E-state index in [-0.39, 0.29) is 24.8 Å². The highest BCUT2D eigenvalue weighted by Gasteiger charge is 2.26. The Morgan fingerprint density at radius 2 is 1.72 bits per heavy atom. The van der Waals surface area contributed by atoms with Crippen molar-refractivity contribution in [3.63, 3.8) is 0 Å². The second-order valence-electron chi connectivity index (χ2n) is 6.48. The highest BCUT2D eigenvalue weighted by atomic mass is 35.5. The third kappa shape index (κ3) is 6.37. The van der Waals surface area contributed by atoms with Crippen LogP contribution in [0.25, 0.3) is 0 Å². The van der Waals surface area contributed by atoms with Crippen LogP contribution in [0.4, 0.5) is 0 Å². The molecule has 1 saturated heterocycles. The van der Waals surface area contributed by atoms with E-state index in [0.717, 1.165) is 38.2 Å². The van der Waals surface area contributed by atoms with Crippen molar-refractivity contribution < 1.29 is 9.47 Å². The first-order chi connectivity index (χ1) is 11.1. The summed E-state index contributed by atoms with van der Waals surface area (Å²) in [6, 6.07) is 4.38. The average Bonchev–Trinajstić information content (AvgIpc) is 2.56. The zero-order valence-electron chi connectivity index (χ0n) is 15.5. The molecule has 1 aromatic rings. The number of hydrogen-bond acceptors (Lipinski definition) is 4. The summed E-state index contributed by atoms with van der Waals surface area (Å²) in [5, 5.41) is 4.10. The summed E-state index contributed by atoms with van der Waals surface area (Å²) in [6.45, 7) is 8.70. The van der Waals surface area contributed by atoms with Crippen molar-refractivity contribution in [3.05, 3.63) is 22.7 Å². The van der Waals surface area contributed by atoms with Crippen molar-refractivity contribution in [1.29, 1.82) is 0 Å². The SMILES string of the molecule is COc1ccc([C@H](CCC(C)C)N2CCNCC2)c(Cl)c1OC.Cl.Cl. The molecule has 1 atom stereocenters. The van der Waals surface area contributed by atoms with E-state index >= 15 is 0 Å². The zero-order valence-corrected chi connectivity index (χ0v) is 17.9. The molecule has 2 rings (SSSR count). The van der Waals surface area contributed by atoms with Gasteiger partial charge in [-0.15, -0.1) is 24.8 Å². The van der Waals surface area contributed by atoms with Crippen LogP contribution in [0.15, 0.2) is 12.1 Å². The normalized spacial score (nSPS) is 15.9. The van der Waals surface area contributed by atoms with Crippen LogP contribution in [0.3, 0.4) is 0 Å². The molecule has 25 heavy (non-hydrogen) atoms. The van der Waals surface area contributed by atoms with Crippen molar-refractivity contribution in [2.75, 3.05) is 40.4 Å². The van der Waals surface area contributed by atoms with Crippen LogP contribution < -0.4 is 14.8 Å². The van der Waals surface area contributed by atoms with Gasteiger partial charge in [-0.05, 0) is 30.4 Å². The molecule has 0 amide bonds. The molecule has 0 spiro atoms. The molecule has 146 valence electrons. The Bertz CT molecular complexity index is 509. The van der Waals surface area contributed by atoms with E-state index in [1.54, 1.807) is 14.2 Å². The summed E-state index contributed by atoms with van der Waals surface area (Å²) in [5.41, 5.74) is 1.15. The number of rotatable bonds is 7. The maximum atomic E-state index is 6.67. The van der Waals surface area contributed by atoms with Crippen molar-refractivity contribution in [3.8, 4) is 11.5 Å². The fourth-order valence-corrected chi connectivity index (χ4v) is 3.54. The highest BCUT2D eigenvalue weighted by molar-refractivity contribution is 6.33. The second-order valence-corrected chi connectivity index (χ2v) is 6.86. The second kappa shape index (κ2) is 12.1. The quantitative estimate of drug-likeness (QED) is 0.709. The minimum Gasteiger partial charge on any atom is -0.493 e. The van der Waals surface area contributed by atoms with Gasteiger partial charge in [0.1, 0.15) is 0 Å². The van der Waals surface area contributed by atoms with Crippen molar-refractivity contribution >= 4 is 36.4 Å². The Balaban J connectivity index is 0.00000288. The summed E-state index contributed by atoms with van der Waals surface area (Å²) < 4.78 is 10.8. The molecule has 0 aromatic heterocycles. The van der Waals surface area contributed by atoms with Gasteiger partial charge in [-0.1, -0.05) is 31.5 Å². The third-order valence-corrected chi connectivity index (χ3v) is 4.87. The van der Waals surface area contributed by atoms with Gasteiger partial charge < -0.3 is 14.8 Å². The number of halogens is 3. The summed E-state index contributed by atoms with van der Waals surface area (Å²) in [5.74, 6) is 2.00. The molecule has 0 unspecified atom stereocenters. The van der Waals surface area contributed by atoms with Crippen LogP contribution in [0.1, 0.15) is 38.3 Å². The first kappa shape index (κ1) is 24.6.